The number of rotatable bonds is 2. The Hall–Kier alpha value is -0.813. The van der Waals surface area contributed by atoms with Crippen LogP contribution in [0.4, 0.5) is 4.79 Å². The van der Waals surface area contributed by atoms with Gasteiger partial charge in [0.15, 0.2) is 8.32 Å². The number of carbonyl (C=O) groups excluding carboxylic acids is 1. The number of carbonyl (C=O) groups is 1. The van der Waals surface area contributed by atoms with Gasteiger partial charge in [-0.3, -0.25) is 0 Å². The van der Waals surface area contributed by atoms with Gasteiger partial charge in [0, 0.05) is 13.1 Å². The van der Waals surface area contributed by atoms with E-state index in [0.29, 0.717) is 13.1 Å². The summed E-state index contributed by atoms with van der Waals surface area (Å²) in [7, 11) is -1.84. The zero-order valence-electron chi connectivity index (χ0n) is 15.5. The first-order valence-corrected chi connectivity index (χ1v) is 11.0. The van der Waals surface area contributed by atoms with E-state index < -0.39 is 13.9 Å². The molecular formula is C17H33NO3Si. The van der Waals surface area contributed by atoms with E-state index in [1.807, 2.05) is 26.8 Å². The molecule has 0 aromatic rings. The van der Waals surface area contributed by atoms with Crippen LogP contribution in [-0.4, -0.2) is 44.1 Å². The van der Waals surface area contributed by atoms with Crippen molar-refractivity contribution in [1.29, 1.82) is 0 Å². The maximum atomic E-state index is 12.3. The molecule has 4 nitrogen and oxygen atoms in total. The van der Waals surface area contributed by atoms with Crippen molar-refractivity contribution in [3.8, 4) is 0 Å². The maximum Gasteiger partial charge on any atom is 0.410 e. The highest BCUT2D eigenvalue weighted by molar-refractivity contribution is 6.74. The summed E-state index contributed by atoms with van der Waals surface area (Å²) in [5.41, 5.74) is -0.469. The van der Waals surface area contributed by atoms with E-state index in [0.717, 1.165) is 6.42 Å². The molecule has 1 atom stereocenters. The van der Waals surface area contributed by atoms with Gasteiger partial charge >= 0.3 is 6.09 Å². The minimum Gasteiger partial charge on any atom is -0.444 e. The van der Waals surface area contributed by atoms with Crippen molar-refractivity contribution < 1.29 is 14.0 Å². The monoisotopic (exact) mass is 327 g/mol. The van der Waals surface area contributed by atoms with Gasteiger partial charge in [0.2, 0.25) is 0 Å². The average Bonchev–Trinajstić information content (AvgIpc) is 2.50. The third kappa shape index (κ3) is 5.76. The SMILES string of the molecule is CC(C)(C)OC(=O)N1CC=CC[C@H](O[Si](C)(C)C(C)(C)C)C1. The summed E-state index contributed by atoms with van der Waals surface area (Å²) in [5, 5.41) is 0.166. The number of amides is 1. The third-order valence-corrected chi connectivity index (χ3v) is 8.77. The highest BCUT2D eigenvalue weighted by Crippen LogP contribution is 2.37. The van der Waals surface area contributed by atoms with Gasteiger partial charge in [0.1, 0.15) is 5.60 Å². The van der Waals surface area contributed by atoms with Gasteiger partial charge in [0.25, 0.3) is 0 Å². The standard InChI is InChI=1S/C17H33NO3Si/c1-16(2,3)20-15(19)18-12-10-9-11-14(13-18)21-22(7,8)17(4,5)6/h9-10,14H,11-13H2,1-8H3/t14-/m0/s1. The van der Waals surface area contributed by atoms with Gasteiger partial charge in [-0.15, -0.1) is 0 Å². The van der Waals surface area contributed by atoms with Gasteiger partial charge < -0.3 is 14.1 Å². The molecule has 0 saturated carbocycles. The Kier molecular flexibility index (Phi) is 5.90. The number of nitrogens with zero attached hydrogens (tertiary/aromatic N) is 1. The summed E-state index contributed by atoms with van der Waals surface area (Å²) in [4.78, 5) is 14.0. The van der Waals surface area contributed by atoms with E-state index in [1.54, 1.807) is 4.90 Å². The zero-order valence-corrected chi connectivity index (χ0v) is 16.5. The van der Waals surface area contributed by atoms with Crippen LogP contribution in [0.25, 0.3) is 0 Å². The van der Waals surface area contributed by atoms with Crippen molar-refractivity contribution >= 4 is 14.4 Å². The molecule has 0 radical (unpaired) electrons. The molecule has 5 heteroatoms. The van der Waals surface area contributed by atoms with Crippen LogP contribution in [0.2, 0.25) is 18.1 Å². The van der Waals surface area contributed by atoms with E-state index in [4.69, 9.17) is 9.16 Å². The summed E-state index contributed by atoms with van der Waals surface area (Å²) in [5.74, 6) is 0. The molecule has 1 aliphatic rings. The predicted molar refractivity (Wildman–Crippen MR) is 93.6 cm³/mol. The quantitative estimate of drug-likeness (QED) is 0.551. The lowest BCUT2D eigenvalue weighted by Gasteiger charge is -2.40. The molecule has 0 aliphatic carbocycles. The molecule has 0 saturated heterocycles. The molecule has 0 bridgehead atoms. The van der Waals surface area contributed by atoms with Crippen LogP contribution in [0.1, 0.15) is 48.0 Å². The molecular weight excluding hydrogens is 294 g/mol. The summed E-state index contributed by atoms with van der Waals surface area (Å²) in [6, 6.07) is 0. The summed E-state index contributed by atoms with van der Waals surface area (Å²) in [6.07, 6.45) is 4.78. The lowest BCUT2D eigenvalue weighted by Crippen LogP contribution is -2.48. The largest absolute Gasteiger partial charge is 0.444 e. The first-order valence-electron chi connectivity index (χ1n) is 8.12. The van der Waals surface area contributed by atoms with Crippen molar-refractivity contribution in [2.24, 2.45) is 0 Å². The van der Waals surface area contributed by atoms with E-state index in [-0.39, 0.29) is 17.2 Å². The van der Waals surface area contributed by atoms with Crippen LogP contribution in [0, 0.1) is 0 Å². The molecule has 1 rings (SSSR count). The van der Waals surface area contributed by atoms with E-state index in [1.165, 1.54) is 0 Å². The van der Waals surface area contributed by atoms with Crippen molar-refractivity contribution in [2.75, 3.05) is 13.1 Å². The van der Waals surface area contributed by atoms with Crippen LogP contribution in [-0.2, 0) is 9.16 Å². The van der Waals surface area contributed by atoms with Gasteiger partial charge in [-0.1, -0.05) is 32.9 Å². The minimum atomic E-state index is -1.84. The molecule has 128 valence electrons. The molecule has 1 heterocycles. The van der Waals surface area contributed by atoms with Crippen molar-refractivity contribution in [2.45, 2.75) is 77.8 Å². The molecule has 0 unspecified atom stereocenters. The Morgan fingerprint density at radius 1 is 1.14 bits per heavy atom. The van der Waals surface area contributed by atoms with E-state index >= 15 is 0 Å². The smallest absolute Gasteiger partial charge is 0.410 e. The third-order valence-electron chi connectivity index (χ3n) is 4.23. The fraction of sp³-hybridized carbons (Fsp3) is 0.824. The molecule has 0 N–H and O–H groups in total. The Labute approximate surface area is 137 Å². The van der Waals surface area contributed by atoms with Gasteiger partial charge in [-0.2, -0.15) is 0 Å². The number of hydrogen-bond donors (Lipinski definition) is 0. The highest BCUT2D eigenvalue weighted by Gasteiger charge is 2.39. The molecule has 22 heavy (non-hydrogen) atoms. The molecule has 1 amide bonds. The number of hydrogen-bond acceptors (Lipinski definition) is 3. The second kappa shape index (κ2) is 6.75. The summed E-state index contributed by atoms with van der Waals surface area (Å²) in [6.45, 7) is 18.1. The normalized spacial score (nSPS) is 20.7. The summed E-state index contributed by atoms with van der Waals surface area (Å²) >= 11 is 0. The van der Waals surface area contributed by atoms with Crippen molar-refractivity contribution in [3.63, 3.8) is 0 Å². The lowest BCUT2D eigenvalue weighted by atomic mass is 10.2. The van der Waals surface area contributed by atoms with Crippen LogP contribution in [0.15, 0.2) is 12.2 Å². The minimum absolute atomic E-state index is 0.0483. The Morgan fingerprint density at radius 3 is 2.23 bits per heavy atom. The molecule has 0 aromatic heterocycles. The van der Waals surface area contributed by atoms with Gasteiger partial charge in [-0.05, 0) is 45.3 Å². The van der Waals surface area contributed by atoms with Crippen LogP contribution in [0.3, 0.4) is 0 Å². The first-order chi connectivity index (χ1) is 9.82. The Morgan fingerprint density at radius 2 is 1.73 bits per heavy atom. The van der Waals surface area contributed by atoms with Crippen LogP contribution >= 0.6 is 0 Å². The van der Waals surface area contributed by atoms with Crippen LogP contribution in [0.5, 0.6) is 0 Å². The van der Waals surface area contributed by atoms with Gasteiger partial charge in [0.05, 0.1) is 6.10 Å². The molecule has 0 fully saturated rings. The zero-order chi connectivity index (χ0) is 17.2. The maximum absolute atomic E-state index is 12.3. The van der Waals surface area contributed by atoms with Gasteiger partial charge in [-0.25, -0.2) is 4.79 Å². The van der Waals surface area contributed by atoms with E-state index in [9.17, 15) is 4.79 Å². The highest BCUT2D eigenvalue weighted by atomic mass is 28.4. The Bertz CT molecular complexity index is 419. The second-order valence-corrected chi connectivity index (χ2v) is 13.3. The predicted octanol–water partition coefficient (Wildman–Crippen LogP) is 4.57. The van der Waals surface area contributed by atoms with E-state index in [2.05, 4.69) is 39.9 Å². The summed E-state index contributed by atoms with van der Waals surface area (Å²) < 4.78 is 12.0. The van der Waals surface area contributed by atoms with Crippen molar-refractivity contribution in [3.05, 3.63) is 12.2 Å². The molecule has 1 aliphatic heterocycles. The molecule has 0 spiro atoms. The topological polar surface area (TPSA) is 38.8 Å². The molecule has 0 aromatic carbocycles. The fourth-order valence-corrected chi connectivity index (χ4v) is 3.36. The number of ether oxygens (including phenoxy) is 1. The van der Waals surface area contributed by atoms with Crippen LogP contribution < -0.4 is 0 Å². The lowest BCUT2D eigenvalue weighted by molar-refractivity contribution is 0.0195. The first kappa shape index (κ1) is 19.2. The second-order valence-electron chi connectivity index (χ2n) is 8.59. The fourth-order valence-electron chi connectivity index (χ4n) is 2.00. The average molecular weight is 328 g/mol. The Balaban J connectivity index is 2.75. The van der Waals surface area contributed by atoms with Crippen molar-refractivity contribution in [1.82, 2.24) is 4.90 Å².